The van der Waals surface area contributed by atoms with Gasteiger partial charge in [0.15, 0.2) is 0 Å². The lowest BCUT2D eigenvalue weighted by Crippen LogP contribution is -2.04. The summed E-state index contributed by atoms with van der Waals surface area (Å²) in [6.07, 6.45) is 0.658. The largest absolute Gasteiger partial charge is 0.330 e. The van der Waals surface area contributed by atoms with Gasteiger partial charge in [0.1, 0.15) is 5.82 Å². The van der Waals surface area contributed by atoms with Crippen molar-refractivity contribution in [3.63, 3.8) is 0 Å². The third kappa shape index (κ3) is 2.08. The predicted molar refractivity (Wildman–Crippen MR) is 66.1 cm³/mol. The molecule has 0 saturated heterocycles. The second-order valence-corrected chi connectivity index (χ2v) is 4.05. The van der Waals surface area contributed by atoms with E-state index in [2.05, 4.69) is 5.10 Å². The van der Waals surface area contributed by atoms with Crippen LogP contribution in [0.1, 0.15) is 11.4 Å². The first-order valence-corrected chi connectivity index (χ1v) is 5.62. The summed E-state index contributed by atoms with van der Waals surface area (Å²) in [6.45, 7) is 2.45. The minimum atomic E-state index is -0.220. The maximum Gasteiger partial charge on any atom is 0.131 e. The molecule has 3 nitrogen and oxygen atoms in total. The Morgan fingerprint density at radius 2 is 2.06 bits per heavy atom. The van der Waals surface area contributed by atoms with E-state index in [1.165, 1.54) is 6.07 Å². The van der Waals surface area contributed by atoms with Crippen molar-refractivity contribution in [1.29, 1.82) is 0 Å². The fourth-order valence-electron chi connectivity index (χ4n) is 2.00. The number of nitrogens with two attached hydrogens (primary N) is 1. The van der Waals surface area contributed by atoms with Gasteiger partial charge < -0.3 is 5.73 Å². The second kappa shape index (κ2) is 4.67. The molecule has 0 amide bonds. The van der Waals surface area contributed by atoms with Crippen LogP contribution in [0.5, 0.6) is 0 Å². The predicted octanol–water partition coefficient (Wildman–Crippen LogP) is 2.04. The van der Waals surface area contributed by atoms with Crippen LogP contribution in [0.4, 0.5) is 4.39 Å². The molecule has 17 heavy (non-hydrogen) atoms. The van der Waals surface area contributed by atoms with Gasteiger partial charge in [0, 0.05) is 30.3 Å². The molecule has 1 aromatic heterocycles. The van der Waals surface area contributed by atoms with Gasteiger partial charge in [-0.2, -0.15) is 5.10 Å². The number of hydrogen-bond donors (Lipinski definition) is 1. The molecular weight excluding hydrogens is 217 g/mol. The summed E-state index contributed by atoms with van der Waals surface area (Å²) in [5.74, 6) is -0.220. The van der Waals surface area contributed by atoms with Crippen LogP contribution in [0, 0.1) is 12.7 Å². The van der Waals surface area contributed by atoms with Gasteiger partial charge in [0.2, 0.25) is 0 Å². The Balaban J connectivity index is 2.61. The highest BCUT2D eigenvalue weighted by Gasteiger charge is 2.16. The topological polar surface area (TPSA) is 43.8 Å². The summed E-state index contributed by atoms with van der Waals surface area (Å²) >= 11 is 0. The van der Waals surface area contributed by atoms with E-state index in [0.29, 0.717) is 18.5 Å². The minimum Gasteiger partial charge on any atom is -0.330 e. The number of benzene rings is 1. The van der Waals surface area contributed by atoms with Crippen LogP contribution in [0.3, 0.4) is 0 Å². The lowest BCUT2D eigenvalue weighted by Gasteiger charge is -2.05. The van der Waals surface area contributed by atoms with Crippen molar-refractivity contribution in [3.05, 3.63) is 41.5 Å². The standard InChI is InChI=1S/C13H16FN3/c1-9-13(10-5-3-4-6-11(10)14)12(7-8-15)16-17(9)2/h3-6H,7-8,15H2,1-2H3. The average molecular weight is 233 g/mol. The number of nitrogens with zero attached hydrogens (tertiary/aromatic N) is 2. The first kappa shape index (κ1) is 11.8. The fraction of sp³-hybridized carbons (Fsp3) is 0.308. The van der Waals surface area contributed by atoms with Crippen LogP contribution in [0.25, 0.3) is 11.1 Å². The van der Waals surface area contributed by atoms with Gasteiger partial charge >= 0.3 is 0 Å². The van der Waals surface area contributed by atoms with Gasteiger partial charge in [-0.25, -0.2) is 4.39 Å². The van der Waals surface area contributed by atoms with E-state index in [4.69, 9.17) is 5.73 Å². The van der Waals surface area contributed by atoms with E-state index in [9.17, 15) is 4.39 Å². The number of aromatic nitrogens is 2. The van der Waals surface area contributed by atoms with Crippen molar-refractivity contribution >= 4 is 0 Å². The molecule has 1 heterocycles. The Hall–Kier alpha value is -1.68. The van der Waals surface area contributed by atoms with Crippen molar-refractivity contribution in [2.75, 3.05) is 6.54 Å². The summed E-state index contributed by atoms with van der Waals surface area (Å²) in [6, 6.07) is 6.76. The van der Waals surface area contributed by atoms with Crippen molar-refractivity contribution < 1.29 is 4.39 Å². The molecule has 0 radical (unpaired) electrons. The molecule has 0 aliphatic carbocycles. The molecule has 0 aliphatic heterocycles. The highest BCUT2D eigenvalue weighted by molar-refractivity contribution is 5.69. The van der Waals surface area contributed by atoms with Crippen molar-refractivity contribution in [2.45, 2.75) is 13.3 Å². The third-order valence-corrected chi connectivity index (χ3v) is 2.93. The van der Waals surface area contributed by atoms with E-state index in [1.54, 1.807) is 16.8 Å². The number of halogens is 1. The normalized spacial score (nSPS) is 10.8. The smallest absolute Gasteiger partial charge is 0.131 e. The highest BCUT2D eigenvalue weighted by Crippen LogP contribution is 2.29. The Morgan fingerprint density at radius 3 is 2.71 bits per heavy atom. The van der Waals surface area contributed by atoms with Crippen molar-refractivity contribution in [3.8, 4) is 11.1 Å². The molecule has 2 rings (SSSR count). The lowest BCUT2D eigenvalue weighted by atomic mass is 10.0. The molecular formula is C13H16FN3. The molecule has 0 spiro atoms. The molecule has 0 aliphatic rings. The molecule has 0 atom stereocenters. The minimum absolute atomic E-state index is 0.220. The van der Waals surface area contributed by atoms with E-state index >= 15 is 0 Å². The summed E-state index contributed by atoms with van der Waals surface area (Å²) in [4.78, 5) is 0. The van der Waals surface area contributed by atoms with E-state index in [-0.39, 0.29) is 5.82 Å². The molecule has 90 valence electrons. The molecule has 2 N–H and O–H groups in total. The van der Waals surface area contributed by atoms with Gasteiger partial charge in [0.05, 0.1) is 5.69 Å². The maximum absolute atomic E-state index is 13.8. The fourth-order valence-corrected chi connectivity index (χ4v) is 2.00. The first-order valence-electron chi connectivity index (χ1n) is 5.62. The molecule has 4 heteroatoms. The zero-order valence-electron chi connectivity index (χ0n) is 10.1. The zero-order chi connectivity index (χ0) is 12.4. The molecule has 0 unspecified atom stereocenters. The van der Waals surface area contributed by atoms with Gasteiger partial charge in [-0.1, -0.05) is 18.2 Å². The maximum atomic E-state index is 13.8. The quantitative estimate of drug-likeness (QED) is 0.881. The zero-order valence-corrected chi connectivity index (χ0v) is 10.1. The molecule has 1 aromatic carbocycles. The van der Waals surface area contributed by atoms with Crippen molar-refractivity contribution in [2.24, 2.45) is 12.8 Å². The Morgan fingerprint density at radius 1 is 1.35 bits per heavy atom. The molecule has 0 bridgehead atoms. The van der Waals surface area contributed by atoms with Crippen LogP contribution in [0.15, 0.2) is 24.3 Å². The Bertz CT molecular complexity index is 531. The summed E-state index contributed by atoms with van der Waals surface area (Å²) in [7, 11) is 1.86. The van der Waals surface area contributed by atoms with Crippen molar-refractivity contribution in [1.82, 2.24) is 9.78 Å². The van der Waals surface area contributed by atoms with Gasteiger partial charge in [-0.05, 0) is 19.5 Å². The highest BCUT2D eigenvalue weighted by atomic mass is 19.1. The molecule has 0 saturated carbocycles. The Kier molecular flexibility index (Phi) is 3.24. The lowest BCUT2D eigenvalue weighted by molar-refractivity contribution is 0.631. The van der Waals surface area contributed by atoms with Gasteiger partial charge in [0.25, 0.3) is 0 Å². The Labute approximate surface area is 100 Å². The number of rotatable bonds is 3. The second-order valence-electron chi connectivity index (χ2n) is 4.05. The van der Waals surface area contributed by atoms with Gasteiger partial charge in [-0.15, -0.1) is 0 Å². The van der Waals surface area contributed by atoms with Crippen LogP contribution < -0.4 is 5.73 Å². The number of aryl methyl sites for hydroxylation is 1. The first-order chi connectivity index (χ1) is 8.15. The van der Waals surface area contributed by atoms with E-state index in [0.717, 1.165) is 17.0 Å². The van der Waals surface area contributed by atoms with Gasteiger partial charge in [-0.3, -0.25) is 4.68 Å². The van der Waals surface area contributed by atoms with E-state index < -0.39 is 0 Å². The molecule has 0 fully saturated rings. The van der Waals surface area contributed by atoms with Crippen LogP contribution in [-0.4, -0.2) is 16.3 Å². The monoisotopic (exact) mass is 233 g/mol. The SMILES string of the molecule is Cc1c(-c2ccccc2F)c(CCN)nn1C. The van der Waals surface area contributed by atoms with Crippen LogP contribution in [0.2, 0.25) is 0 Å². The van der Waals surface area contributed by atoms with Crippen LogP contribution in [-0.2, 0) is 13.5 Å². The van der Waals surface area contributed by atoms with E-state index in [1.807, 2.05) is 20.0 Å². The third-order valence-electron chi connectivity index (χ3n) is 2.93. The summed E-state index contributed by atoms with van der Waals surface area (Å²) in [5, 5.41) is 4.39. The van der Waals surface area contributed by atoms with Crippen LogP contribution >= 0.6 is 0 Å². The number of hydrogen-bond acceptors (Lipinski definition) is 2. The summed E-state index contributed by atoms with van der Waals surface area (Å²) in [5.41, 5.74) is 8.85. The average Bonchev–Trinajstić information content (AvgIpc) is 2.57. The summed E-state index contributed by atoms with van der Waals surface area (Å²) < 4.78 is 15.6. The molecule has 2 aromatic rings.